The molecule has 3 rings (SSSR count). The second-order valence-electron chi connectivity index (χ2n) is 7.77. The van der Waals surface area contributed by atoms with Crippen LogP contribution < -0.4 is 10.1 Å². The Hall–Kier alpha value is -3.34. The van der Waals surface area contributed by atoms with Crippen LogP contribution in [0.15, 0.2) is 67.0 Å². The molecule has 0 saturated heterocycles. The number of ether oxygens (including phenoxy) is 2. The Morgan fingerprint density at radius 2 is 1.55 bits per heavy atom. The van der Waals surface area contributed by atoms with Crippen molar-refractivity contribution in [2.24, 2.45) is 0 Å². The number of carbonyl (C=O) groups excluding carboxylic acids is 1. The van der Waals surface area contributed by atoms with Crippen molar-refractivity contribution in [3.63, 3.8) is 0 Å². The van der Waals surface area contributed by atoms with Gasteiger partial charge in [0.25, 0.3) is 0 Å². The van der Waals surface area contributed by atoms with E-state index in [9.17, 15) is 4.79 Å². The number of methoxy groups -OCH3 is 1. The number of anilines is 1. The fraction of sp³-hybridized carbons (Fsp3) is 0.250. The van der Waals surface area contributed by atoms with Crippen molar-refractivity contribution in [3.05, 3.63) is 78.1 Å². The Kier molecular flexibility index (Phi) is 6.17. The minimum Gasteiger partial charge on any atom is -0.495 e. The smallest absolute Gasteiger partial charge is 0.412 e. The van der Waals surface area contributed by atoms with Crippen molar-refractivity contribution in [2.75, 3.05) is 12.4 Å². The number of carbonyl (C=O) groups is 1. The van der Waals surface area contributed by atoms with Crippen LogP contribution in [-0.2, 0) is 11.2 Å². The normalized spacial score (nSPS) is 11.0. The lowest BCUT2D eigenvalue weighted by Crippen LogP contribution is -2.27. The van der Waals surface area contributed by atoms with Crippen LogP contribution in [0.4, 0.5) is 10.5 Å². The van der Waals surface area contributed by atoms with E-state index >= 15 is 0 Å². The van der Waals surface area contributed by atoms with Gasteiger partial charge in [0.15, 0.2) is 0 Å². The largest absolute Gasteiger partial charge is 0.495 e. The van der Waals surface area contributed by atoms with Gasteiger partial charge in [0.2, 0.25) is 0 Å². The van der Waals surface area contributed by atoms with Gasteiger partial charge in [-0.25, -0.2) is 4.79 Å². The monoisotopic (exact) mass is 390 g/mol. The topological polar surface area (TPSA) is 60.5 Å². The summed E-state index contributed by atoms with van der Waals surface area (Å²) in [5.41, 5.74) is 4.48. The first kappa shape index (κ1) is 20.4. The SMILES string of the molecule is COc1ccc(-c2ccc(Cc3ccncc3)cc2)cc1NC(=O)OC(C)(C)C. The number of amides is 1. The molecule has 1 aromatic heterocycles. The summed E-state index contributed by atoms with van der Waals surface area (Å²) in [7, 11) is 1.57. The van der Waals surface area contributed by atoms with E-state index in [1.807, 2.05) is 51.1 Å². The number of benzene rings is 2. The number of nitrogens with zero attached hydrogens (tertiary/aromatic N) is 1. The lowest BCUT2D eigenvalue weighted by Gasteiger charge is -2.20. The van der Waals surface area contributed by atoms with Gasteiger partial charge in [0, 0.05) is 12.4 Å². The Morgan fingerprint density at radius 1 is 0.931 bits per heavy atom. The summed E-state index contributed by atoms with van der Waals surface area (Å²) < 4.78 is 10.7. The molecule has 0 unspecified atom stereocenters. The summed E-state index contributed by atoms with van der Waals surface area (Å²) >= 11 is 0. The molecule has 0 bridgehead atoms. The first-order chi connectivity index (χ1) is 13.8. The fourth-order valence-electron chi connectivity index (χ4n) is 2.95. The van der Waals surface area contributed by atoms with Gasteiger partial charge in [0.05, 0.1) is 12.8 Å². The average Bonchev–Trinajstić information content (AvgIpc) is 2.68. The van der Waals surface area contributed by atoms with Crippen LogP contribution in [0.25, 0.3) is 11.1 Å². The van der Waals surface area contributed by atoms with Gasteiger partial charge in [-0.15, -0.1) is 0 Å². The van der Waals surface area contributed by atoms with E-state index in [1.165, 1.54) is 11.1 Å². The maximum absolute atomic E-state index is 12.2. The quantitative estimate of drug-likeness (QED) is 0.607. The highest BCUT2D eigenvalue weighted by Gasteiger charge is 2.18. The van der Waals surface area contributed by atoms with Gasteiger partial charge in [-0.05, 0) is 73.7 Å². The van der Waals surface area contributed by atoms with Crippen LogP contribution in [0.1, 0.15) is 31.9 Å². The van der Waals surface area contributed by atoms with Crippen LogP contribution in [0, 0.1) is 0 Å². The highest BCUT2D eigenvalue weighted by atomic mass is 16.6. The second-order valence-corrected chi connectivity index (χ2v) is 7.77. The molecule has 0 atom stereocenters. The molecule has 0 aliphatic rings. The second kappa shape index (κ2) is 8.78. The van der Waals surface area contributed by atoms with E-state index in [0.29, 0.717) is 11.4 Å². The van der Waals surface area contributed by atoms with Gasteiger partial charge in [0.1, 0.15) is 11.4 Å². The lowest BCUT2D eigenvalue weighted by molar-refractivity contribution is 0.0635. The van der Waals surface area contributed by atoms with Gasteiger partial charge < -0.3 is 9.47 Å². The van der Waals surface area contributed by atoms with Crippen LogP contribution in [0.5, 0.6) is 5.75 Å². The summed E-state index contributed by atoms with van der Waals surface area (Å²) in [6.45, 7) is 5.48. The molecule has 0 spiro atoms. The van der Waals surface area contributed by atoms with Crippen molar-refractivity contribution in [1.82, 2.24) is 4.98 Å². The number of nitrogens with one attached hydrogen (secondary N) is 1. The Bertz CT molecular complexity index is 962. The molecule has 150 valence electrons. The van der Waals surface area contributed by atoms with E-state index in [4.69, 9.17) is 9.47 Å². The third kappa shape index (κ3) is 5.82. The molecule has 0 radical (unpaired) electrons. The predicted molar refractivity (Wildman–Crippen MR) is 115 cm³/mol. The molecule has 2 aromatic carbocycles. The van der Waals surface area contributed by atoms with E-state index in [0.717, 1.165) is 17.5 Å². The summed E-state index contributed by atoms with van der Waals surface area (Å²) in [5.74, 6) is 0.578. The van der Waals surface area contributed by atoms with Crippen molar-refractivity contribution >= 4 is 11.8 Å². The Morgan fingerprint density at radius 3 is 2.17 bits per heavy atom. The molecule has 5 nitrogen and oxygen atoms in total. The third-order valence-corrected chi connectivity index (χ3v) is 4.28. The average molecular weight is 390 g/mol. The van der Waals surface area contributed by atoms with Gasteiger partial charge >= 0.3 is 6.09 Å². The zero-order chi connectivity index (χ0) is 20.9. The van der Waals surface area contributed by atoms with Gasteiger partial charge in [-0.3, -0.25) is 10.3 Å². The minimum atomic E-state index is -0.570. The number of pyridine rings is 1. The van der Waals surface area contributed by atoms with Crippen LogP contribution in [0.3, 0.4) is 0 Å². The lowest BCUT2D eigenvalue weighted by atomic mass is 10.0. The highest BCUT2D eigenvalue weighted by molar-refractivity contribution is 5.88. The molecule has 0 aliphatic carbocycles. The number of rotatable bonds is 5. The molecular formula is C24H26N2O3. The van der Waals surface area contributed by atoms with Crippen molar-refractivity contribution in [1.29, 1.82) is 0 Å². The molecule has 5 heteroatoms. The van der Waals surface area contributed by atoms with Gasteiger partial charge in [-0.1, -0.05) is 30.3 Å². The molecule has 1 N–H and O–H groups in total. The summed E-state index contributed by atoms with van der Waals surface area (Å²) in [4.78, 5) is 16.2. The maximum atomic E-state index is 12.2. The number of aromatic nitrogens is 1. The highest BCUT2D eigenvalue weighted by Crippen LogP contribution is 2.31. The van der Waals surface area contributed by atoms with Crippen molar-refractivity contribution in [2.45, 2.75) is 32.8 Å². The Labute approximate surface area is 171 Å². The van der Waals surface area contributed by atoms with Crippen LogP contribution >= 0.6 is 0 Å². The molecule has 29 heavy (non-hydrogen) atoms. The Balaban J connectivity index is 1.79. The van der Waals surface area contributed by atoms with Crippen molar-refractivity contribution in [3.8, 4) is 16.9 Å². The number of hydrogen-bond acceptors (Lipinski definition) is 4. The first-order valence-corrected chi connectivity index (χ1v) is 9.50. The first-order valence-electron chi connectivity index (χ1n) is 9.50. The zero-order valence-electron chi connectivity index (χ0n) is 17.2. The maximum Gasteiger partial charge on any atom is 0.412 e. The van der Waals surface area contributed by atoms with Crippen molar-refractivity contribution < 1.29 is 14.3 Å². The minimum absolute atomic E-state index is 0.513. The molecule has 3 aromatic rings. The standard InChI is InChI=1S/C24H26N2O3/c1-24(2,3)29-23(27)26-21-16-20(9-10-22(21)28-4)19-7-5-17(6-8-19)15-18-11-13-25-14-12-18/h5-14,16H,15H2,1-4H3,(H,26,27). The summed E-state index contributed by atoms with van der Waals surface area (Å²) in [6, 6.07) is 18.1. The molecule has 0 aliphatic heterocycles. The molecular weight excluding hydrogens is 364 g/mol. The molecule has 0 saturated carbocycles. The van der Waals surface area contributed by atoms with Crippen LogP contribution in [-0.4, -0.2) is 23.8 Å². The van der Waals surface area contributed by atoms with Crippen LogP contribution in [0.2, 0.25) is 0 Å². The van der Waals surface area contributed by atoms with E-state index in [1.54, 1.807) is 19.5 Å². The molecule has 1 amide bonds. The predicted octanol–water partition coefficient (Wildman–Crippen LogP) is 5.70. The fourth-order valence-corrected chi connectivity index (χ4v) is 2.95. The summed E-state index contributed by atoms with van der Waals surface area (Å²) in [6.07, 6.45) is 3.96. The summed E-state index contributed by atoms with van der Waals surface area (Å²) in [5, 5.41) is 2.78. The number of hydrogen-bond donors (Lipinski definition) is 1. The third-order valence-electron chi connectivity index (χ3n) is 4.28. The van der Waals surface area contributed by atoms with E-state index in [-0.39, 0.29) is 0 Å². The van der Waals surface area contributed by atoms with Gasteiger partial charge in [-0.2, -0.15) is 0 Å². The van der Waals surface area contributed by atoms with E-state index < -0.39 is 11.7 Å². The zero-order valence-corrected chi connectivity index (χ0v) is 17.2. The van der Waals surface area contributed by atoms with E-state index in [2.05, 4.69) is 34.6 Å². The molecule has 1 heterocycles. The molecule has 0 fully saturated rings.